The molecule has 0 spiro atoms. The van der Waals surface area contributed by atoms with Crippen LogP contribution in [0.2, 0.25) is 0 Å². The third kappa shape index (κ3) is 5.93. The van der Waals surface area contributed by atoms with Gasteiger partial charge >= 0.3 is 12.0 Å². The molecule has 2 atom stereocenters. The molecule has 2 aromatic rings. The van der Waals surface area contributed by atoms with Crippen molar-refractivity contribution in [1.82, 2.24) is 19.9 Å². The summed E-state index contributed by atoms with van der Waals surface area (Å²) in [7, 11) is 0. The highest BCUT2D eigenvalue weighted by Crippen LogP contribution is 2.34. The molecule has 2 saturated heterocycles. The lowest BCUT2D eigenvalue weighted by atomic mass is 10.1. The van der Waals surface area contributed by atoms with E-state index in [9.17, 15) is 10.2 Å². The third-order valence-electron chi connectivity index (χ3n) is 6.01. The monoisotopic (exact) mass is 478 g/mol. The molecule has 12 nitrogen and oxygen atoms in total. The molecule has 2 aliphatic heterocycles. The first-order chi connectivity index (χ1) is 16.6. The van der Waals surface area contributed by atoms with Gasteiger partial charge < -0.3 is 39.7 Å². The van der Waals surface area contributed by atoms with E-state index in [0.29, 0.717) is 22.7 Å². The molecule has 4 N–H and O–H groups in total. The van der Waals surface area contributed by atoms with Gasteiger partial charge in [-0.1, -0.05) is 0 Å². The summed E-state index contributed by atoms with van der Waals surface area (Å²) in [6, 6.07) is 0.179. The Morgan fingerprint density at radius 3 is 1.35 bits per heavy atom. The van der Waals surface area contributed by atoms with Crippen molar-refractivity contribution in [1.29, 1.82) is 0 Å². The summed E-state index contributed by atoms with van der Waals surface area (Å²) in [5, 5.41) is 37.8. The van der Waals surface area contributed by atoms with Gasteiger partial charge in [0.2, 0.25) is 0 Å². The highest BCUT2D eigenvalue weighted by molar-refractivity contribution is 5.93. The van der Waals surface area contributed by atoms with E-state index in [1.54, 1.807) is 0 Å². The minimum atomic E-state index is -1.04. The van der Waals surface area contributed by atoms with Crippen molar-refractivity contribution in [2.75, 3.05) is 62.4 Å². The van der Waals surface area contributed by atoms with Crippen LogP contribution in [0.5, 0.6) is 12.0 Å². The number of ether oxygens (including phenoxy) is 2. The maximum Gasteiger partial charge on any atom is 0.319 e. The van der Waals surface area contributed by atoms with Crippen LogP contribution in [0, 0.1) is 0 Å². The molecule has 0 amide bonds. The van der Waals surface area contributed by atoms with Gasteiger partial charge in [-0.2, -0.15) is 19.9 Å². The molecule has 2 aromatic heterocycles. The Hall–Kier alpha value is -2.54. The summed E-state index contributed by atoms with van der Waals surface area (Å²) in [6.45, 7) is 2.13. The molecule has 1 unspecified atom stereocenters. The number of piperidine rings is 2. The summed E-state index contributed by atoms with van der Waals surface area (Å²) >= 11 is 0. The maximum absolute atomic E-state index is 9.74. The topological polar surface area (TPSA) is 157 Å². The summed E-state index contributed by atoms with van der Waals surface area (Å²) in [4.78, 5) is 22.7. The first kappa shape index (κ1) is 24.6. The zero-order valence-electron chi connectivity index (χ0n) is 19.3. The Balaban J connectivity index is 1.80. The van der Waals surface area contributed by atoms with E-state index in [-0.39, 0.29) is 25.2 Å². The molecule has 2 fully saturated rings. The van der Waals surface area contributed by atoms with Crippen molar-refractivity contribution in [3.05, 3.63) is 0 Å². The molecule has 12 heteroatoms. The highest BCUT2D eigenvalue weighted by atomic mass is 16.5. The van der Waals surface area contributed by atoms with Crippen LogP contribution in [0.25, 0.3) is 11.0 Å². The van der Waals surface area contributed by atoms with Gasteiger partial charge in [0.15, 0.2) is 11.6 Å². The Morgan fingerprint density at radius 1 is 0.618 bits per heavy atom. The largest absolute Gasteiger partial charge is 0.461 e. The van der Waals surface area contributed by atoms with Gasteiger partial charge in [0.05, 0.1) is 13.2 Å². The summed E-state index contributed by atoms with van der Waals surface area (Å²) < 4.78 is 11.3. The fourth-order valence-corrected chi connectivity index (χ4v) is 4.17. The first-order valence-corrected chi connectivity index (χ1v) is 12.0. The Kier molecular flexibility index (Phi) is 8.48. The van der Waals surface area contributed by atoms with Gasteiger partial charge in [0.25, 0.3) is 0 Å². The minimum absolute atomic E-state index is 0.0896. The third-order valence-corrected chi connectivity index (χ3v) is 6.01. The quantitative estimate of drug-likeness (QED) is 0.359. The van der Waals surface area contributed by atoms with Gasteiger partial charge in [-0.05, 0) is 38.5 Å². The van der Waals surface area contributed by atoms with Crippen LogP contribution < -0.4 is 19.3 Å². The average Bonchev–Trinajstić information content (AvgIpc) is 2.90. The smallest absolute Gasteiger partial charge is 0.319 e. The SMILES string of the molecule is OCC(O)COc1nc(N2CCCCC2)c2nc(OC[C@H](O)CO)nc(N3CCCCC3)c2n1. The van der Waals surface area contributed by atoms with E-state index in [1.165, 1.54) is 0 Å². The minimum Gasteiger partial charge on any atom is -0.461 e. The van der Waals surface area contributed by atoms with Crippen LogP contribution in [-0.4, -0.2) is 105 Å². The molecular weight excluding hydrogens is 444 g/mol. The van der Waals surface area contributed by atoms with Crippen LogP contribution in [0.1, 0.15) is 38.5 Å². The fraction of sp³-hybridized carbons (Fsp3) is 0.727. The second-order valence-corrected chi connectivity index (χ2v) is 8.75. The molecule has 188 valence electrons. The van der Waals surface area contributed by atoms with Crippen molar-refractivity contribution in [3.63, 3.8) is 0 Å². The van der Waals surface area contributed by atoms with E-state index < -0.39 is 25.4 Å². The van der Waals surface area contributed by atoms with E-state index in [2.05, 4.69) is 29.7 Å². The van der Waals surface area contributed by atoms with E-state index in [1.807, 2.05) is 0 Å². The van der Waals surface area contributed by atoms with Crippen molar-refractivity contribution in [2.24, 2.45) is 0 Å². The van der Waals surface area contributed by atoms with Crippen molar-refractivity contribution in [2.45, 2.75) is 50.7 Å². The van der Waals surface area contributed by atoms with Crippen molar-refractivity contribution >= 4 is 22.7 Å². The number of aromatic nitrogens is 4. The number of hydrogen-bond acceptors (Lipinski definition) is 12. The van der Waals surface area contributed by atoms with Gasteiger partial charge in [-0.3, -0.25) is 0 Å². The number of rotatable bonds is 10. The van der Waals surface area contributed by atoms with E-state index >= 15 is 0 Å². The zero-order chi connectivity index (χ0) is 23.9. The normalized spacial score (nSPS) is 18.7. The number of fused-ring (bicyclic) bond motifs is 1. The van der Waals surface area contributed by atoms with Crippen LogP contribution in [0.15, 0.2) is 0 Å². The highest BCUT2D eigenvalue weighted by Gasteiger charge is 2.26. The molecular formula is C22H34N6O6. The number of anilines is 2. The second kappa shape index (κ2) is 11.7. The number of aliphatic hydroxyl groups is 4. The molecule has 34 heavy (non-hydrogen) atoms. The Morgan fingerprint density at radius 2 is 1.00 bits per heavy atom. The lowest BCUT2D eigenvalue weighted by Crippen LogP contribution is -2.32. The second-order valence-electron chi connectivity index (χ2n) is 8.75. The van der Waals surface area contributed by atoms with Crippen LogP contribution in [0.4, 0.5) is 11.6 Å². The van der Waals surface area contributed by atoms with Crippen LogP contribution in [-0.2, 0) is 0 Å². The molecule has 0 aromatic carbocycles. The van der Waals surface area contributed by atoms with E-state index in [0.717, 1.165) is 64.7 Å². The molecule has 2 aliphatic rings. The Bertz CT molecular complexity index is 862. The average molecular weight is 479 g/mol. The molecule has 0 radical (unpaired) electrons. The van der Waals surface area contributed by atoms with Gasteiger partial charge in [-0.25, -0.2) is 0 Å². The lowest BCUT2D eigenvalue weighted by Gasteiger charge is -2.31. The van der Waals surface area contributed by atoms with Crippen LogP contribution >= 0.6 is 0 Å². The van der Waals surface area contributed by atoms with Crippen molar-refractivity contribution < 1.29 is 29.9 Å². The molecule has 0 saturated carbocycles. The first-order valence-electron chi connectivity index (χ1n) is 12.0. The van der Waals surface area contributed by atoms with E-state index in [4.69, 9.17) is 19.7 Å². The predicted molar refractivity (Wildman–Crippen MR) is 124 cm³/mol. The van der Waals surface area contributed by atoms with Gasteiger partial charge in [0, 0.05) is 26.2 Å². The number of nitrogens with zero attached hydrogens (tertiary/aromatic N) is 6. The van der Waals surface area contributed by atoms with Crippen LogP contribution in [0.3, 0.4) is 0 Å². The number of aliphatic hydroxyl groups excluding tert-OH is 4. The summed E-state index contributed by atoms with van der Waals surface area (Å²) in [6.07, 6.45) is 4.33. The van der Waals surface area contributed by atoms with Gasteiger partial charge in [-0.15, -0.1) is 0 Å². The maximum atomic E-state index is 9.74. The fourth-order valence-electron chi connectivity index (χ4n) is 4.17. The summed E-state index contributed by atoms with van der Waals surface area (Å²) in [5.74, 6) is 1.21. The van der Waals surface area contributed by atoms with Gasteiger partial charge in [0.1, 0.15) is 36.5 Å². The number of hydrogen-bond donors (Lipinski definition) is 4. The summed E-state index contributed by atoms with van der Waals surface area (Å²) in [5.41, 5.74) is 1.06. The molecule has 0 bridgehead atoms. The molecule has 4 heterocycles. The standard InChI is InChI=1S/C22H34N6O6/c29-11-15(31)13-33-21-24-18-17(19(25-21)27-7-3-1-4-8-27)23-22(34-14-16(32)12-30)26-20(18)28-9-5-2-6-10-28/h15-16,29-32H,1-14H2/t15-,16?/m1/s1. The predicted octanol–water partition coefficient (Wildman–Crippen LogP) is -0.136. The molecule has 0 aliphatic carbocycles. The zero-order valence-corrected chi connectivity index (χ0v) is 19.3. The Labute approximate surface area is 198 Å². The molecule has 4 rings (SSSR count). The lowest BCUT2D eigenvalue weighted by molar-refractivity contribution is 0.0503. The van der Waals surface area contributed by atoms with Crippen molar-refractivity contribution in [3.8, 4) is 12.0 Å².